The average molecular weight is 360 g/mol. The van der Waals surface area contributed by atoms with E-state index in [1.54, 1.807) is 34.1 Å². The lowest BCUT2D eigenvalue weighted by atomic mass is 10.1. The quantitative estimate of drug-likeness (QED) is 0.790. The number of rotatable bonds is 3. The fourth-order valence-corrected chi connectivity index (χ4v) is 5.59. The molecule has 2 aromatic rings. The maximum atomic E-state index is 13.1. The molecule has 2 aliphatic rings. The van der Waals surface area contributed by atoms with Crippen LogP contribution in [0.1, 0.15) is 5.56 Å². The Labute approximate surface area is 145 Å². The first-order valence-corrected chi connectivity index (χ1v) is 9.86. The van der Waals surface area contributed by atoms with Gasteiger partial charge in [0.25, 0.3) is 0 Å². The monoisotopic (exact) mass is 360 g/mol. The van der Waals surface area contributed by atoms with Crippen LogP contribution in [0.2, 0.25) is 0 Å². The summed E-state index contributed by atoms with van der Waals surface area (Å²) in [5.74, 6) is -0.407. The van der Waals surface area contributed by atoms with E-state index in [0.717, 1.165) is 5.56 Å². The zero-order valence-electron chi connectivity index (χ0n) is 13.4. The zero-order valence-corrected chi connectivity index (χ0v) is 14.2. The van der Waals surface area contributed by atoms with E-state index in [0.29, 0.717) is 5.69 Å². The first kappa shape index (κ1) is 16.1. The van der Waals surface area contributed by atoms with Crippen LogP contribution in [0.25, 0.3) is 0 Å². The number of fused-ring (bicyclic) bond motifs is 1. The van der Waals surface area contributed by atoms with Gasteiger partial charge in [0, 0.05) is 12.2 Å². The highest BCUT2D eigenvalue weighted by Gasteiger charge is 2.53. The molecule has 2 aliphatic heterocycles. The van der Waals surface area contributed by atoms with Crippen LogP contribution in [0.5, 0.6) is 0 Å². The van der Waals surface area contributed by atoms with Gasteiger partial charge >= 0.3 is 6.03 Å². The van der Waals surface area contributed by atoms with Gasteiger partial charge in [-0.05, 0) is 29.8 Å². The van der Waals surface area contributed by atoms with E-state index >= 15 is 0 Å². The molecule has 5 nitrogen and oxygen atoms in total. The lowest BCUT2D eigenvalue weighted by molar-refractivity contribution is 0.206. The highest BCUT2D eigenvalue weighted by Crippen LogP contribution is 2.35. The Hall–Kier alpha value is -2.41. The number of para-hydroxylation sites is 1. The summed E-state index contributed by atoms with van der Waals surface area (Å²) in [5, 5.41) is 0. The van der Waals surface area contributed by atoms with Gasteiger partial charge in [0.05, 0.1) is 23.6 Å². The number of hydrogen-bond donors (Lipinski definition) is 0. The van der Waals surface area contributed by atoms with E-state index in [4.69, 9.17) is 0 Å². The molecule has 7 heteroatoms. The molecule has 25 heavy (non-hydrogen) atoms. The highest BCUT2D eigenvalue weighted by molar-refractivity contribution is 7.91. The van der Waals surface area contributed by atoms with Gasteiger partial charge in [-0.1, -0.05) is 30.3 Å². The van der Waals surface area contributed by atoms with Gasteiger partial charge in [0.2, 0.25) is 0 Å². The van der Waals surface area contributed by atoms with E-state index in [1.165, 1.54) is 12.1 Å². The van der Waals surface area contributed by atoms with E-state index in [1.807, 2.05) is 18.2 Å². The second-order valence-corrected chi connectivity index (χ2v) is 8.61. The number of carbonyl (C=O) groups excluding carboxylic acids is 1. The molecule has 4 rings (SSSR count). The molecule has 0 unspecified atom stereocenters. The van der Waals surface area contributed by atoms with Crippen molar-refractivity contribution in [1.29, 1.82) is 0 Å². The normalized spacial score (nSPS) is 24.6. The fraction of sp³-hybridized carbons (Fsp3) is 0.278. The molecule has 130 valence electrons. The van der Waals surface area contributed by atoms with Gasteiger partial charge in [0.1, 0.15) is 5.82 Å². The maximum absolute atomic E-state index is 13.1. The van der Waals surface area contributed by atoms with Gasteiger partial charge in [-0.15, -0.1) is 0 Å². The number of sulfone groups is 1. The first-order valence-electron chi connectivity index (χ1n) is 8.04. The Balaban J connectivity index is 1.69. The van der Waals surface area contributed by atoms with Crippen LogP contribution in [0.15, 0.2) is 54.6 Å². The van der Waals surface area contributed by atoms with Crippen molar-refractivity contribution in [3.05, 3.63) is 66.0 Å². The molecule has 2 aromatic carbocycles. The Morgan fingerprint density at radius 1 is 0.960 bits per heavy atom. The third-order valence-corrected chi connectivity index (χ3v) is 6.48. The average Bonchev–Trinajstić information content (AvgIpc) is 3.01. The summed E-state index contributed by atoms with van der Waals surface area (Å²) in [6.45, 7) is 0.263. The number of anilines is 1. The lowest BCUT2D eigenvalue weighted by Crippen LogP contribution is -2.37. The summed E-state index contributed by atoms with van der Waals surface area (Å²) in [6, 6.07) is 14.0. The van der Waals surface area contributed by atoms with E-state index in [9.17, 15) is 17.6 Å². The summed E-state index contributed by atoms with van der Waals surface area (Å²) in [5.41, 5.74) is 1.47. The predicted octanol–water partition coefficient (Wildman–Crippen LogP) is 2.43. The Kier molecular flexibility index (Phi) is 3.76. The Morgan fingerprint density at radius 2 is 1.60 bits per heavy atom. The molecular formula is C18H17FN2O3S. The fourth-order valence-electron chi connectivity index (χ4n) is 3.64. The summed E-state index contributed by atoms with van der Waals surface area (Å²) in [4.78, 5) is 16.2. The van der Waals surface area contributed by atoms with Crippen LogP contribution in [0.3, 0.4) is 0 Å². The molecule has 0 saturated carbocycles. The molecule has 2 fully saturated rings. The first-order chi connectivity index (χ1) is 11.9. The van der Waals surface area contributed by atoms with Crippen molar-refractivity contribution < 1.29 is 17.6 Å². The van der Waals surface area contributed by atoms with Crippen LogP contribution < -0.4 is 4.90 Å². The number of halogens is 1. The van der Waals surface area contributed by atoms with Crippen LogP contribution in [-0.4, -0.2) is 42.9 Å². The topological polar surface area (TPSA) is 57.7 Å². The van der Waals surface area contributed by atoms with Crippen LogP contribution in [0, 0.1) is 5.82 Å². The SMILES string of the molecule is O=C1N(Cc2ccc(F)cc2)[C@H]2CS(=O)(=O)C[C@@H]2N1c1ccccc1. The summed E-state index contributed by atoms with van der Waals surface area (Å²) in [7, 11) is -3.20. The van der Waals surface area contributed by atoms with Gasteiger partial charge in [-0.2, -0.15) is 0 Å². The molecule has 0 N–H and O–H groups in total. The molecule has 0 radical (unpaired) electrons. The molecule has 0 aliphatic carbocycles. The molecule has 0 bridgehead atoms. The van der Waals surface area contributed by atoms with Crippen molar-refractivity contribution in [1.82, 2.24) is 4.90 Å². The summed E-state index contributed by atoms with van der Waals surface area (Å²) in [6.07, 6.45) is 0. The van der Waals surface area contributed by atoms with Crippen molar-refractivity contribution in [3.8, 4) is 0 Å². The number of nitrogens with zero attached hydrogens (tertiary/aromatic N) is 2. The number of urea groups is 1. The third kappa shape index (κ3) is 2.89. The summed E-state index contributed by atoms with van der Waals surface area (Å²) < 4.78 is 37.4. The van der Waals surface area contributed by atoms with Crippen LogP contribution in [-0.2, 0) is 16.4 Å². The number of carbonyl (C=O) groups is 1. The van der Waals surface area contributed by atoms with Gasteiger partial charge in [-0.25, -0.2) is 17.6 Å². The largest absolute Gasteiger partial charge is 0.325 e. The lowest BCUT2D eigenvalue weighted by Gasteiger charge is -2.22. The third-order valence-electron chi connectivity index (χ3n) is 4.78. The van der Waals surface area contributed by atoms with E-state index in [-0.39, 0.29) is 42.0 Å². The highest BCUT2D eigenvalue weighted by atomic mass is 32.2. The molecule has 2 heterocycles. The maximum Gasteiger partial charge on any atom is 0.325 e. The van der Waals surface area contributed by atoms with Gasteiger partial charge in [0.15, 0.2) is 9.84 Å². The second kappa shape index (κ2) is 5.84. The Morgan fingerprint density at radius 3 is 2.28 bits per heavy atom. The van der Waals surface area contributed by atoms with Crippen molar-refractivity contribution in [2.45, 2.75) is 18.6 Å². The molecular weight excluding hydrogens is 343 g/mol. The number of amides is 2. The molecule has 2 atom stereocenters. The minimum atomic E-state index is -3.20. The van der Waals surface area contributed by atoms with Crippen molar-refractivity contribution in [2.24, 2.45) is 0 Å². The zero-order chi connectivity index (χ0) is 17.6. The minimum absolute atomic E-state index is 0.0295. The van der Waals surface area contributed by atoms with Crippen molar-refractivity contribution in [2.75, 3.05) is 16.4 Å². The van der Waals surface area contributed by atoms with Crippen molar-refractivity contribution in [3.63, 3.8) is 0 Å². The summed E-state index contributed by atoms with van der Waals surface area (Å²) >= 11 is 0. The predicted molar refractivity (Wildman–Crippen MR) is 92.5 cm³/mol. The van der Waals surface area contributed by atoms with Crippen molar-refractivity contribution >= 4 is 21.6 Å². The van der Waals surface area contributed by atoms with Crippen LogP contribution >= 0.6 is 0 Å². The van der Waals surface area contributed by atoms with Gasteiger partial charge in [-0.3, -0.25) is 4.90 Å². The smallest absolute Gasteiger partial charge is 0.314 e. The number of benzene rings is 2. The van der Waals surface area contributed by atoms with E-state index < -0.39 is 9.84 Å². The standard InChI is InChI=1S/C18H17FN2O3S/c19-14-8-6-13(7-9-14)10-20-16-11-25(23,24)12-17(16)21(18(20)22)15-4-2-1-3-5-15/h1-9,16-17H,10-12H2/t16-,17-/m0/s1. The van der Waals surface area contributed by atoms with Gasteiger partial charge < -0.3 is 4.90 Å². The molecule has 0 aromatic heterocycles. The van der Waals surface area contributed by atoms with Crippen LogP contribution in [0.4, 0.5) is 14.9 Å². The Bertz CT molecular complexity index is 900. The molecule has 2 saturated heterocycles. The molecule has 2 amide bonds. The minimum Gasteiger partial charge on any atom is -0.314 e. The van der Waals surface area contributed by atoms with E-state index in [2.05, 4.69) is 0 Å². The second-order valence-electron chi connectivity index (χ2n) is 6.45. The molecule has 0 spiro atoms. The number of hydrogen-bond acceptors (Lipinski definition) is 3.